The highest BCUT2D eigenvalue weighted by Gasteiger charge is 2.35. The second-order valence-corrected chi connectivity index (χ2v) is 5.60. The molecule has 2 rings (SSSR count). The smallest absolute Gasteiger partial charge is 0.0693 e. The topological polar surface area (TPSA) is 52.5 Å². The van der Waals surface area contributed by atoms with E-state index in [2.05, 4.69) is 5.32 Å². The first kappa shape index (κ1) is 12.3. The predicted octanol–water partition coefficient (Wildman–Crippen LogP) is 1.57. The third-order valence-corrected chi connectivity index (χ3v) is 4.33. The van der Waals surface area contributed by atoms with Gasteiger partial charge in [0.2, 0.25) is 0 Å². The molecule has 2 atom stereocenters. The molecule has 0 bridgehead atoms. The average molecular weight is 227 g/mol. The van der Waals surface area contributed by atoms with Crippen LogP contribution in [0, 0.1) is 0 Å². The van der Waals surface area contributed by atoms with Crippen molar-refractivity contribution < 1.29 is 10.2 Å². The number of rotatable bonds is 3. The van der Waals surface area contributed by atoms with Gasteiger partial charge in [-0.3, -0.25) is 0 Å². The zero-order valence-corrected chi connectivity index (χ0v) is 10.1. The molecule has 3 nitrogen and oxygen atoms in total. The van der Waals surface area contributed by atoms with Crippen LogP contribution in [-0.4, -0.2) is 34.5 Å². The molecule has 0 aliphatic heterocycles. The van der Waals surface area contributed by atoms with E-state index in [1.807, 2.05) is 0 Å². The molecule has 0 heterocycles. The molecule has 3 heteroatoms. The highest BCUT2D eigenvalue weighted by molar-refractivity contribution is 4.95. The molecule has 0 aromatic carbocycles. The molecule has 2 aliphatic rings. The minimum Gasteiger partial charge on any atom is -0.394 e. The minimum absolute atomic E-state index is 0.0960. The summed E-state index contributed by atoms with van der Waals surface area (Å²) in [6, 6.07) is 0.207. The van der Waals surface area contributed by atoms with Crippen molar-refractivity contribution in [2.24, 2.45) is 0 Å². The third kappa shape index (κ3) is 2.76. The molecule has 0 aromatic heterocycles. The Bertz CT molecular complexity index is 214. The summed E-state index contributed by atoms with van der Waals surface area (Å²) in [5, 5.41) is 23.2. The molecular formula is C13H25NO2. The van der Waals surface area contributed by atoms with Crippen LogP contribution < -0.4 is 5.32 Å². The highest BCUT2D eigenvalue weighted by atomic mass is 16.3. The largest absolute Gasteiger partial charge is 0.394 e. The lowest BCUT2D eigenvalue weighted by Gasteiger charge is -2.42. The van der Waals surface area contributed by atoms with E-state index in [1.54, 1.807) is 0 Å². The van der Waals surface area contributed by atoms with E-state index < -0.39 is 0 Å². The fraction of sp³-hybridized carbons (Fsp3) is 1.00. The Balaban J connectivity index is 1.93. The maximum atomic E-state index is 9.97. The van der Waals surface area contributed by atoms with Crippen LogP contribution >= 0.6 is 0 Å². The van der Waals surface area contributed by atoms with Crippen LogP contribution in [0.2, 0.25) is 0 Å². The van der Waals surface area contributed by atoms with Gasteiger partial charge in [0.25, 0.3) is 0 Å². The highest BCUT2D eigenvalue weighted by Crippen LogP contribution is 2.30. The van der Waals surface area contributed by atoms with Gasteiger partial charge in [-0.15, -0.1) is 0 Å². The number of aliphatic hydroxyl groups is 2. The van der Waals surface area contributed by atoms with E-state index in [0.29, 0.717) is 0 Å². The normalized spacial score (nSPS) is 34.9. The summed E-state index contributed by atoms with van der Waals surface area (Å²) >= 11 is 0. The van der Waals surface area contributed by atoms with Crippen molar-refractivity contribution in [1.82, 2.24) is 5.32 Å². The monoisotopic (exact) mass is 227 g/mol. The van der Waals surface area contributed by atoms with Gasteiger partial charge < -0.3 is 15.5 Å². The molecule has 0 unspecified atom stereocenters. The van der Waals surface area contributed by atoms with Crippen LogP contribution in [0.5, 0.6) is 0 Å². The predicted molar refractivity (Wildman–Crippen MR) is 64.3 cm³/mol. The average Bonchev–Trinajstić information content (AvgIpc) is 2.33. The van der Waals surface area contributed by atoms with Crippen molar-refractivity contribution in [2.75, 3.05) is 6.61 Å². The van der Waals surface area contributed by atoms with Gasteiger partial charge in [0, 0.05) is 11.6 Å². The molecule has 0 spiro atoms. The van der Waals surface area contributed by atoms with Crippen LogP contribution in [0.3, 0.4) is 0 Å². The molecular weight excluding hydrogens is 202 g/mol. The summed E-state index contributed by atoms with van der Waals surface area (Å²) in [7, 11) is 0. The third-order valence-electron chi connectivity index (χ3n) is 4.33. The Morgan fingerprint density at radius 1 is 1.00 bits per heavy atom. The van der Waals surface area contributed by atoms with Crippen LogP contribution in [0.25, 0.3) is 0 Å². The SMILES string of the molecule is OCC1(N[C@H]2CCCC[C@@H]2O)CCCCC1. The van der Waals surface area contributed by atoms with Gasteiger partial charge in [-0.25, -0.2) is 0 Å². The quantitative estimate of drug-likeness (QED) is 0.686. The standard InChI is InChI=1S/C13H25NO2/c15-10-13(8-4-1-5-9-13)14-11-6-2-3-7-12(11)16/h11-12,14-16H,1-10H2/t11-,12-/m0/s1. The first-order chi connectivity index (χ1) is 7.76. The van der Waals surface area contributed by atoms with Gasteiger partial charge >= 0.3 is 0 Å². The summed E-state index contributed by atoms with van der Waals surface area (Å²) in [5.41, 5.74) is -0.0960. The molecule has 0 saturated heterocycles. The van der Waals surface area contributed by atoms with E-state index in [4.69, 9.17) is 0 Å². The number of aliphatic hydroxyl groups excluding tert-OH is 2. The lowest BCUT2D eigenvalue weighted by Crippen LogP contribution is -2.57. The van der Waals surface area contributed by atoms with Crippen LogP contribution in [0.4, 0.5) is 0 Å². The van der Waals surface area contributed by atoms with E-state index in [0.717, 1.165) is 32.1 Å². The van der Waals surface area contributed by atoms with Gasteiger partial charge in [-0.05, 0) is 25.7 Å². The molecule has 16 heavy (non-hydrogen) atoms. The van der Waals surface area contributed by atoms with E-state index in [9.17, 15) is 10.2 Å². The second kappa shape index (κ2) is 5.48. The summed E-state index contributed by atoms with van der Waals surface area (Å²) in [5.74, 6) is 0. The van der Waals surface area contributed by atoms with Gasteiger partial charge in [0.05, 0.1) is 12.7 Å². The van der Waals surface area contributed by atoms with Crippen molar-refractivity contribution in [1.29, 1.82) is 0 Å². The van der Waals surface area contributed by atoms with Crippen molar-refractivity contribution in [2.45, 2.75) is 75.5 Å². The van der Waals surface area contributed by atoms with Crippen LogP contribution in [0.1, 0.15) is 57.8 Å². The Hall–Kier alpha value is -0.120. The summed E-state index contributed by atoms with van der Waals surface area (Å²) < 4.78 is 0. The van der Waals surface area contributed by atoms with Crippen molar-refractivity contribution in [3.8, 4) is 0 Å². The first-order valence-corrected chi connectivity index (χ1v) is 6.82. The van der Waals surface area contributed by atoms with Gasteiger partial charge in [-0.1, -0.05) is 32.1 Å². The Labute approximate surface area is 98.2 Å². The summed E-state index contributed by atoms with van der Waals surface area (Å²) in [4.78, 5) is 0. The molecule has 0 aromatic rings. The first-order valence-electron chi connectivity index (χ1n) is 6.82. The van der Waals surface area contributed by atoms with Crippen molar-refractivity contribution >= 4 is 0 Å². The lowest BCUT2D eigenvalue weighted by molar-refractivity contribution is 0.0412. The van der Waals surface area contributed by atoms with Gasteiger partial charge in [-0.2, -0.15) is 0 Å². The Morgan fingerprint density at radius 3 is 2.31 bits per heavy atom. The lowest BCUT2D eigenvalue weighted by atomic mass is 9.80. The van der Waals surface area contributed by atoms with E-state index >= 15 is 0 Å². The maximum Gasteiger partial charge on any atom is 0.0693 e. The van der Waals surface area contributed by atoms with E-state index in [1.165, 1.54) is 25.7 Å². The molecule has 0 radical (unpaired) electrons. The van der Waals surface area contributed by atoms with E-state index in [-0.39, 0.29) is 24.3 Å². The van der Waals surface area contributed by atoms with Crippen LogP contribution in [-0.2, 0) is 0 Å². The van der Waals surface area contributed by atoms with Gasteiger partial charge in [0.1, 0.15) is 0 Å². The zero-order chi connectivity index (χ0) is 11.4. The van der Waals surface area contributed by atoms with Crippen molar-refractivity contribution in [3.05, 3.63) is 0 Å². The number of hydrogen-bond donors (Lipinski definition) is 3. The molecule has 2 saturated carbocycles. The fourth-order valence-electron chi connectivity index (χ4n) is 3.25. The molecule has 3 N–H and O–H groups in total. The molecule has 2 aliphatic carbocycles. The fourth-order valence-corrected chi connectivity index (χ4v) is 3.25. The number of hydrogen-bond acceptors (Lipinski definition) is 3. The summed E-state index contributed by atoms with van der Waals surface area (Å²) in [6.07, 6.45) is 9.94. The Morgan fingerprint density at radius 2 is 1.69 bits per heavy atom. The van der Waals surface area contributed by atoms with Crippen molar-refractivity contribution in [3.63, 3.8) is 0 Å². The second-order valence-electron chi connectivity index (χ2n) is 5.60. The van der Waals surface area contributed by atoms with Crippen LogP contribution in [0.15, 0.2) is 0 Å². The van der Waals surface area contributed by atoms with Gasteiger partial charge in [0.15, 0.2) is 0 Å². The Kier molecular flexibility index (Phi) is 4.22. The summed E-state index contributed by atoms with van der Waals surface area (Å²) in [6.45, 7) is 0.218. The zero-order valence-electron chi connectivity index (χ0n) is 10.1. The molecule has 2 fully saturated rings. The molecule has 0 amide bonds. The molecule has 94 valence electrons. The number of nitrogens with one attached hydrogen (secondary N) is 1. The maximum absolute atomic E-state index is 9.97. The minimum atomic E-state index is -0.209.